The Morgan fingerprint density at radius 1 is 1.25 bits per heavy atom. The van der Waals surface area contributed by atoms with Gasteiger partial charge in [0.15, 0.2) is 0 Å². The Balaban J connectivity index is 1.78. The molecule has 0 aliphatic rings. The minimum Gasteiger partial charge on any atom is -0.335 e. The van der Waals surface area contributed by atoms with Crippen molar-refractivity contribution in [2.24, 2.45) is 0 Å². The molecule has 108 valence electrons. The van der Waals surface area contributed by atoms with Crippen molar-refractivity contribution in [3.05, 3.63) is 47.3 Å². The van der Waals surface area contributed by atoms with E-state index in [-0.39, 0.29) is 0 Å². The lowest BCUT2D eigenvalue weighted by molar-refractivity contribution is 0.471. The lowest BCUT2D eigenvalue weighted by Crippen LogP contribution is -2.27. The third kappa shape index (κ3) is 3.90. The summed E-state index contributed by atoms with van der Waals surface area (Å²) in [7, 11) is 0. The van der Waals surface area contributed by atoms with Crippen LogP contribution in [0.15, 0.2) is 24.7 Å². The highest BCUT2D eigenvalue weighted by molar-refractivity contribution is 5.22. The minimum absolute atomic E-state index is 0.471. The highest BCUT2D eigenvalue weighted by Gasteiger charge is 2.04. The number of aromatic nitrogens is 3. The van der Waals surface area contributed by atoms with Gasteiger partial charge in [-0.25, -0.2) is 4.98 Å². The molecule has 0 aliphatic carbocycles. The van der Waals surface area contributed by atoms with Crippen molar-refractivity contribution >= 4 is 0 Å². The summed E-state index contributed by atoms with van der Waals surface area (Å²) in [6.45, 7) is 10.3. The van der Waals surface area contributed by atoms with Crippen LogP contribution in [0.5, 0.6) is 0 Å². The summed E-state index contributed by atoms with van der Waals surface area (Å²) in [6.07, 6.45) is 6.95. The van der Waals surface area contributed by atoms with Gasteiger partial charge in [0.05, 0.1) is 0 Å². The van der Waals surface area contributed by atoms with Crippen molar-refractivity contribution in [3.8, 4) is 0 Å². The van der Waals surface area contributed by atoms with Gasteiger partial charge in [-0.05, 0) is 45.2 Å². The smallest absolute Gasteiger partial charge is 0.105 e. The lowest BCUT2D eigenvalue weighted by Gasteiger charge is -2.15. The predicted octanol–water partition coefficient (Wildman–Crippen LogP) is 2.77. The van der Waals surface area contributed by atoms with Crippen molar-refractivity contribution in [2.45, 2.75) is 53.2 Å². The summed E-state index contributed by atoms with van der Waals surface area (Å²) >= 11 is 0. The molecule has 0 fully saturated rings. The van der Waals surface area contributed by atoms with Crippen LogP contribution in [0.3, 0.4) is 0 Å². The normalized spacial score (nSPS) is 12.6. The van der Waals surface area contributed by atoms with Crippen LogP contribution in [-0.4, -0.2) is 20.6 Å². The minimum atomic E-state index is 0.471. The molecule has 2 aromatic heterocycles. The largest absolute Gasteiger partial charge is 0.335 e. The number of hydrogen-bond donors (Lipinski definition) is 1. The Morgan fingerprint density at radius 3 is 2.70 bits per heavy atom. The third-order valence-electron chi connectivity index (χ3n) is 3.78. The summed E-state index contributed by atoms with van der Waals surface area (Å²) in [5, 5.41) is 3.55. The van der Waals surface area contributed by atoms with Gasteiger partial charge >= 0.3 is 0 Å². The quantitative estimate of drug-likeness (QED) is 0.879. The van der Waals surface area contributed by atoms with Crippen molar-refractivity contribution in [3.63, 3.8) is 0 Å². The average molecular weight is 272 g/mol. The number of pyridine rings is 1. The Hall–Kier alpha value is -1.68. The summed E-state index contributed by atoms with van der Waals surface area (Å²) in [4.78, 5) is 8.64. The molecule has 0 radical (unpaired) electrons. The van der Waals surface area contributed by atoms with Crippen LogP contribution >= 0.6 is 0 Å². The molecule has 2 aromatic rings. The maximum absolute atomic E-state index is 4.40. The van der Waals surface area contributed by atoms with E-state index in [4.69, 9.17) is 0 Å². The average Bonchev–Trinajstić information content (AvgIpc) is 2.83. The van der Waals surface area contributed by atoms with E-state index in [0.29, 0.717) is 6.04 Å². The van der Waals surface area contributed by atoms with Crippen LogP contribution in [0.1, 0.15) is 36.0 Å². The Morgan fingerprint density at radius 2 is 2.05 bits per heavy atom. The Bertz CT molecular complexity index is 559. The van der Waals surface area contributed by atoms with Crippen molar-refractivity contribution < 1.29 is 0 Å². The molecule has 0 aromatic carbocycles. The van der Waals surface area contributed by atoms with Gasteiger partial charge < -0.3 is 9.88 Å². The maximum Gasteiger partial charge on any atom is 0.105 e. The first-order valence-electron chi connectivity index (χ1n) is 7.19. The highest BCUT2D eigenvalue weighted by Crippen LogP contribution is 2.07. The second-order valence-corrected chi connectivity index (χ2v) is 5.48. The zero-order chi connectivity index (χ0) is 14.5. The van der Waals surface area contributed by atoms with Crippen molar-refractivity contribution in [1.29, 1.82) is 0 Å². The summed E-state index contributed by atoms with van der Waals surface area (Å²) in [5.41, 5.74) is 3.61. The van der Waals surface area contributed by atoms with E-state index >= 15 is 0 Å². The molecule has 0 saturated carbocycles. The van der Waals surface area contributed by atoms with Gasteiger partial charge in [-0.15, -0.1) is 0 Å². The lowest BCUT2D eigenvalue weighted by atomic mass is 10.1. The molecular formula is C16H24N4. The Labute approximate surface area is 121 Å². The zero-order valence-corrected chi connectivity index (χ0v) is 12.8. The first kappa shape index (κ1) is 14.7. The van der Waals surface area contributed by atoms with Gasteiger partial charge in [0.2, 0.25) is 0 Å². The fraction of sp³-hybridized carbons (Fsp3) is 0.500. The molecular weight excluding hydrogens is 248 g/mol. The topological polar surface area (TPSA) is 42.7 Å². The number of imidazole rings is 1. The second kappa shape index (κ2) is 6.66. The molecule has 2 rings (SSSR count). The molecule has 0 unspecified atom stereocenters. The molecule has 4 nitrogen and oxygen atoms in total. The van der Waals surface area contributed by atoms with E-state index in [2.05, 4.69) is 39.8 Å². The monoisotopic (exact) mass is 272 g/mol. The van der Waals surface area contributed by atoms with Gasteiger partial charge in [0.25, 0.3) is 0 Å². The van der Waals surface area contributed by atoms with Gasteiger partial charge in [0.1, 0.15) is 5.82 Å². The van der Waals surface area contributed by atoms with Crippen LogP contribution in [0.2, 0.25) is 0 Å². The van der Waals surface area contributed by atoms with Crippen molar-refractivity contribution in [2.75, 3.05) is 0 Å². The summed E-state index contributed by atoms with van der Waals surface area (Å²) < 4.78 is 2.19. The standard InChI is InChI=1S/C16H24N4/c1-12-9-16(11-19-14(12)3)10-18-13(2)5-7-20-8-6-17-15(20)4/h6,8-9,11,13,18H,5,7,10H2,1-4H3/t13-/m0/s1. The van der Waals surface area contributed by atoms with Crippen LogP contribution in [0.4, 0.5) is 0 Å². The SMILES string of the molecule is Cc1cc(CN[C@@H](C)CCn2ccnc2C)cnc1C. The molecule has 0 aliphatic heterocycles. The summed E-state index contributed by atoms with van der Waals surface area (Å²) in [5.74, 6) is 1.08. The molecule has 0 saturated heterocycles. The fourth-order valence-electron chi connectivity index (χ4n) is 2.16. The molecule has 2 heterocycles. The third-order valence-corrected chi connectivity index (χ3v) is 3.78. The van der Waals surface area contributed by atoms with Crippen LogP contribution in [0, 0.1) is 20.8 Å². The van der Waals surface area contributed by atoms with Crippen molar-refractivity contribution in [1.82, 2.24) is 19.9 Å². The van der Waals surface area contributed by atoms with E-state index in [1.165, 1.54) is 11.1 Å². The van der Waals surface area contributed by atoms with E-state index in [0.717, 1.165) is 31.0 Å². The Kier molecular flexibility index (Phi) is 4.90. The van der Waals surface area contributed by atoms with Crippen LogP contribution in [-0.2, 0) is 13.1 Å². The van der Waals surface area contributed by atoms with Crippen LogP contribution < -0.4 is 5.32 Å². The molecule has 0 bridgehead atoms. The zero-order valence-electron chi connectivity index (χ0n) is 12.8. The summed E-state index contributed by atoms with van der Waals surface area (Å²) in [6, 6.07) is 2.68. The molecule has 1 atom stereocenters. The van der Waals surface area contributed by atoms with Gasteiger partial charge in [-0.2, -0.15) is 0 Å². The molecule has 4 heteroatoms. The highest BCUT2D eigenvalue weighted by atomic mass is 15.1. The van der Waals surface area contributed by atoms with E-state index in [9.17, 15) is 0 Å². The number of nitrogens with zero attached hydrogens (tertiary/aromatic N) is 3. The van der Waals surface area contributed by atoms with Gasteiger partial charge in [-0.1, -0.05) is 6.07 Å². The number of hydrogen-bond acceptors (Lipinski definition) is 3. The number of aryl methyl sites for hydroxylation is 4. The van der Waals surface area contributed by atoms with Crippen LogP contribution in [0.25, 0.3) is 0 Å². The first-order chi connectivity index (χ1) is 9.56. The molecule has 20 heavy (non-hydrogen) atoms. The molecule has 0 spiro atoms. The van der Waals surface area contributed by atoms with Gasteiger partial charge in [0, 0.05) is 43.4 Å². The number of nitrogens with one attached hydrogen (secondary N) is 1. The maximum atomic E-state index is 4.40. The van der Waals surface area contributed by atoms with Gasteiger partial charge in [-0.3, -0.25) is 4.98 Å². The van der Waals surface area contributed by atoms with E-state index < -0.39 is 0 Å². The number of rotatable bonds is 6. The van der Waals surface area contributed by atoms with E-state index in [1.54, 1.807) is 0 Å². The fourth-order valence-corrected chi connectivity index (χ4v) is 2.16. The van der Waals surface area contributed by atoms with E-state index in [1.807, 2.05) is 32.4 Å². The first-order valence-corrected chi connectivity index (χ1v) is 7.19. The predicted molar refractivity (Wildman–Crippen MR) is 81.6 cm³/mol. The molecule has 0 amide bonds. The second-order valence-electron chi connectivity index (χ2n) is 5.48. The molecule has 1 N–H and O–H groups in total.